The summed E-state index contributed by atoms with van der Waals surface area (Å²) >= 11 is 16.0. The van der Waals surface area contributed by atoms with Gasteiger partial charge in [-0.2, -0.15) is 0 Å². The number of rotatable bonds is 1. The highest BCUT2D eigenvalue weighted by Gasteiger charge is 2.13. The Kier molecular flexibility index (Phi) is 3.43. The van der Waals surface area contributed by atoms with Gasteiger partial charge in [-0.15, -0.1) is 0 Å². The number of pyridine rings is 1. The van der Waals surface area contributed by atoms with Crippen molar-refractivity contribution in [3.05, 3.63) is 37.9 Å². The van der Waals surface area contributed by atoms with Crippen LogP contribution in [-0.4, -0.2) is 4.98 Å². The summed E-state index contributed by atoms with van der Waals surface area (Å²) < 4.78 is 0.926. The monoisotopic (exact) mass is 317 g/mol. The van der Waals surface area contributed by atoms with E-state index in [4.69, 9.17) is 23.2 Å². The maximum absolute atomic E-state index is 6.36. The third kappa shape index (κ3) is 1.83. The zero-order valence-electron chi connectivity index (χ0n) is 8.94. The highest BCUT2D eigenvalue weighted by atomic mass is 79.9. The van der Waals surface area contributed by atoms with Crippen molar-refractivity contribution in [2.75, 3.05) is 0 Å². The summed E-state index contributed by atoms with van der Waals surface area (Å²) in [6, 6.07) is 3.72. The highest BCUT2D eigenvalue weighted by Crippen LogP contribution is 2.36. The number of halogens is 3. The Morgan fingerprint density at radius 1 is 1.31 bits per heavy atom. The Hall–Kier alpha value is -0.310. The van der Waals surface area contributed by atoms with Gasteiger partial charge in [0.2, 0.25) is 0 Å². The number of nitrogens with zero attached hydrogens (tertiary/aromatic N) is 1. The van der Waals surface area contributed by atoms with Gasteiger partial charge in [0.15, 0.2) is 0 Å². The van der Waals surface area contributed by atoms with Crippen molar-refractivity contribution in [2.24, 2.45) is 0 Å². The van der Waals surface area contributed by atoms with Crippen molar-refractivity contribution in [1.82, 2.24) is 4.98 Å². The van der Waals surface area contributed by atoms with E-state index in [0.29, 0.717) is 5.02 Å². The lowest BCUT2D eigenvalue weighted by molar-refractivity contribution is 1.03. The van der Waals surface area contributed by atoms with E-state index < -0.39 is 0 Å². The van der Waals surface area contributed by atoms with Gasteiger partial charge in [0.25, 0.3) is 0 Å². The quantitative estimate of drug-likeness (QED) is 0.706. The predicted molar refractivity (Wildman–Crippen MR) is 73.6 cm³/mol. The molecule has 0 aliphatic carbocycles. The first kappa shape index (κ1) is 12.2. The van der Waals surface area contributed by atoms with Crippen molar-refractivity contribution in [2.45, 2.75) is 20.3 Å². The second-order valence-electron chi connectivity index (χ2n) is 3.60. The second kappa shape index (κ2) is 4.52. The van der Waals surface area contributed by atoms with E-state index in [1.165, 1.54) is 0 Å². The molecule has 2 aromatic rings. The van der Waals surface area contributed by atoms with Crippen LogP contribution in [0.25, 0.3) is 10.9 Å². The van der Waals surface area contributed by atoms with Crippen LogP contribution in [0.3, 0.4) is 0 Å². The molecule has 0 unspecified atom stereocenters. The van der Waals surface area contributed by atoms with Gasteiger partial charge in [0.05, 0.1) is 15.6 Å². The molecule has 0 aliphatic heterocycles. The molecular weight excluding hydrogens is 309 g/mol. The molecule has 0 fully saturated rings. The number of hydrogen-bond donors (Lipinski definition) is 0. The SMILES string of the molecule is CCc1nc2c(Cl)ccc(Br)c2c(Cl)c1C. The number of hydrogen-bond acceptors (Lipinski definition) is 1. The Morgan fingerprint density at radius 2 is 2.00 bits per heavy atom. The molecule has 0 atom stereocenters. The van der Waals surface area contributed by atoms with Gasteiger partial charge >= 0.3 is 0 Å². The van der Waals surface area contributed by atoms with Crippen LogP contribution in [0.15, 0.2) is 16.6 Å². The van der Waals surface area contributed by atoms with E-state index in [1.54, 1.807) is 0 Å². The van der Waals surface area contributed by atoms with Crippen molar-refractivity contribution in [3.8, 4) is 0 Å². The third-order valence-electron chi connectivity index (χ3n) is 2.64. The van der Waals surface area contributed by atoms with Crippen LogP contribution in [0, 0.1) is 6.92 Å². The van der Waals surface area contributed by atoms with E-state index in [1.807, 2.05) is 19.1 Å². The standard InChI is InChI=1S/C12H10BrCl2N/c1-3-9-6(2)11(15)10-7(13)4-5-8(14)12(10)16-9/h4-5H,3H2,1-2H3. The maximum Gasteiger partial charge on any atom is 0.0918 e. The molecule has 0 radical (unpaired) electrons. The summed E-state index contributed by atoms with van der Waals surface area (Å²) in [4.78, 5) is 4.57. The lowest BCUT2D eigenvalue weighted by Gasteiger charge is -2.11. The molecule has 0 aliphatic rings. The van der Waals surface area contributed by atoms with Crippen LogP contribution in [-0.2, 0) is 6.42 Å². The van der Waals surface area contributed by atoms with Crippen LogP contribution in [0.4, 0.5) is 0 Å². The molecule has 1 aromatic carbocycles. The van der Waals surface area contributed by atoms with Crippen LogP contribution in [0.2, 0.25) is 10.0 Å². The summed E-state index contributed by atoms with van der Waals surface area (Å²) in [5.41, 5.74) is 2.79. The largest absolute Gasteiger partial charge is 0.251 e. The Morgan fingerprint density at radius 3 is 2.62 bits per heavy atom. The summed E-state index contributed by atoms with van der Waals surface area (Å²) in [5.74, 6) is 0. The van der Waals surface area contributed by atoms with Crippen molar-refractivity contribution >= 4 is 50.0 Å². The van der Waals surface area contributed by atoms with Gasteiger partial charge < -0.3 is 0 Å². The van der Waals surface area contributed by atoms with E-state index in [9.17, 15) is 0 Å². The smallest absolute Gasteiger partial charge is 0.0918 e. The topological polar surface area (TPSA) is 12.9 Å². The number of aromatic nitrogens is 1. The molecule has 0 N–H and O–H groups in total. The first-order valence-electron chi connectivity index (χ1n) is 4.99. The molecule has 1 nitrogen and oxygen atoms in total. The molecular formula is C12H10BrCl2N. The summed E-state index contributed by atoms with van der Waals surface area (Å²) in [7, 11) is 0. The summed E-state index contributed by atoms with van der Waals surface area (Å²) in [5, 5.41) is 2.26. The molecule has 1 aromatic heterocycles. The van der Waals surface area contributed by atoms with Gasteiger partial charge in [0.1, 0.15) is 0 Å². The van der Waals surface area contributed by atoms with Gasteiger partial charge in [-0.3, -0.25) is 4.98 Å². The minimum absolute atomic E-state index is 0.634. The van der Waals surface area contributed by atoms with Crippen LogP contribution in [0.1, 0.15) is 18.2 Å². The molecule has 84 valence electrons. The Labute approximate surface area is 113 Å². The molecule has 0 saturated heterocycles. The van der Waals surface area contributed by atoms with E-state index in [2.05, 4.69) is 27.8 Å². The molecule has 0 saturated carbocycles. The number of fused-ring (bicyclic) bond motifs is 1. The number of benzene rings is 1. The van der Waals surface area contributed by atoms with Crippen molar-refractivity contribution in [3.63, 3.8) is 0 Å². The highest BCUT2D eigenvalue weighted by molar-refractivity contribution is 9.10. The fourth-order valence-electron chi connectivity index (χ4n) is 1.74. The Balaban J connectivity index is 2.97. The van der Waals surface area contributed by atoms with Gasteiger partial charge in [-0.1, -0.05) is 46.1 Å². The zero-order valence-corrected chi connectivity index (χ0v) is 12.0. The molecule has 2 rings (SSSR count). The first-order chi connectivity index (χ1) is 7.56. The third-order valence-corrected chi connectivity index (χ3v) is 4.08. The van der Waals surface area contributed by atoms with E-state index in [-0.39, 0.29) is 0 Å². The lowest BCUT2D eigenvalue weighted by Crippen LogP contribution is -1.95. The molecule has 16 heavy (non-hydrogen) atoms. The molecule has 1 heterocycles. The minimum atomic E-state index is 0.634. The van der Waals surface area contributed by atoms with Gasteiger partial charge in [-0.25, -0.2) is 0 Å². The fraction of sp³-hybridized carbons (Fsp3) is 0.250. The fourth-order valence-corrected chi connectivity index (χ4v) is 2.87. The Bertz CT molecular complexity index is 567. The minimum Gasteiger partial charge on any atom is -0.251 e. The maximum atomic E-state index is 6.36. The van der Waals surface area contributed by atoms with Crippen LogP contribution >= 0.6 is 39.1 Å². The summed E-state index contributed by atoms with van der Waals surface area (Å²) in [6.07, 6.45) is 0.852. The van der Waals surface area contributed by atoms with Gasteiger partial charge in [-0.05, 0) is 31.0 Å². The molecule has 0 amide bonds. The lowest BCUT2D eigenvalue weighted by atomic mass is 10.1. The normalized spacial score (nSPS) is 11.1. The zero-order chi connectivity index (χ0) is 11.9. The number of aryl methyl sites for hydroxylation is 1. The average molecular weight is 319 g/mol. The molecule has 0 spiro atoms. The van der Waals surface area contributed by atoms with Crippen molar-refractivity contribution in [1.29, 1.82) is 0 Å². The average Bonchev–Trinajstić information content (AvgIpc) is 2.27. The van der Waals surface area contributed by atoms with Crippen LogP contribution < -0.4 is 0 Å². The van der Waals surface area contributed by atoms with Crippen LogP contribution in [0.5, 0.6) is 0 Å². The van der Waals surface area contributed by atoms with Gasteiger partial charge in [0, 0.05) is 15.6 Å². The summed E-state index contributed by atoms with van der Waals surface area (Å²) in [6.45, 7) is 4.05. The predicted octanol–water partition coefficient (Wildman–Crippen LogP) is 5.17. The molecule has 4 heteroatoms. The van der Waals surface area contributed by atoms with E-state index in [0.717, 1.165) is 38.1 Å². The molecule has 0 bridgehead atoms. The van der Waals surface area contributed by atoms with E-state index >= 15 is 0 Å². The van der Waals surface area contributed by atoms with Crippen molar-refractivity contribution < 1.29 is 0 Å². The second-order valence-corrected chi connectivity index (χ2v) is 5.24. The first-order valence-corrected chi connectivity index (χ1v) is 6.53.